The fourth-order valence-corrected chi connectivity index (χ4v) is 5.99. The summed E-state index contributed by atoms with van der Waals surface area (Å²) in [6.45, 7) is 3.43. The Kier molecular flexibility index (Phi) is 6.63. The van der Waals surface area contributed by atoms with E-state index in [1.54, 1.807) is 12.1 Å². The molecule has 27 heavy (non-hydrogen) atoms. The molecular formula is C19H25N2O4PS. The van der Waals surface area contributed by atoms with Crippen LogP contribution in [-0.2, 0) is 31.1 Å². The van der Waals surface area contributed by atoms with Gasteiger partial charge < -0.3 is 9.05 Å². The van der Waals surface area contributed by atoms with Crippen molar-refractivity contribution in [2.75, 3.05) is 20.8 Å². The highest BCUT2D eigenvalue weighted by atomic mass is 32.2. The van der Waals surface area contributed by atoms with E-state index in [4.69, 9.17) is 9.05 Å². The summed E-state index contributed by atoms with van der Waals surface area (Å²) in [4.78, 5) is 2.78. The first-order valence-corrected chi connectivity index (χ1v) is 11.5. The van der Waals surface area contributed by atoms with Crippen molar-refractivity contribution in [2.24, 2.45) is 0 Å². The van der Waals surface area contributed by atoms with Crippen molar-refractivity contribution in [1.82, 2.24) is 9.62 Å². The Bertz CT molecular complexity index is 823. The van der Waals surface area contributed by atoms with Gasteiger partial charge in [-0.3, -0.25) is 9.46 Å². The molecule has 1 aliphatic heterocycles. The van der Waals surface area contributed by atoms with Gasteiger partial charge in [0.1, 0.15) is 16.8 Å². The summed E-state index contributed by atoms with van der Waals surface area (Å²) in [7, 11) is -2.26. The molecule has 0 radical (unpaired) electrons. The first-order chi connectivity index (χ1) is 13.0. The molecular weight excluding hydrogens is 383 g/mol. The van der Waals surface area contributed by atoms with E-state index in [2.05, 4.69) is 21.8 Å². The largest absolute Gasteiger partial charge is 0.349 e. The number of hydrogen-bond acceptors (Lipinski definition) is 5. The molecule has 3 rings (SSSR count). The van der Waals surface area contributed by atoms with Crippen LogP contribution in [0.25, 0.3) is 0 Å². The maximum Gasteiger partial charge on any atom is 0.349 e. The smallest absolute Gasteiger partial charge is 0.311 e. The van der Waals surface area contributed by atoms with Crippen LogP contribution in [0, 0.1) is 6.92 Å². The van der Waals surface area contributed by atoms with Gasteiger partial charge in [0, 0.05) is 27.3 Å². The maximum absolute atomic E-state index is 13.1. The van der Waals surface area contributed by atoms with Gasteiger partial charge in [-0.2, -0.15) is 0 Å². The van der Waals surface area contributed by atoms with Gasteiger partial charge in [0.15, 0.2) is 0 Å². The summed E-state index contributed by atoms with van der Waals surface area (Å²) < 4.78 is 39.3. The molecule has 2 aromatic rings. The van der Waals surface area contributed by atoms with Gasteiger partial charge in [-0.1, -0.05) is 48.0 Å². The van der Waals surface area contributed by atoms with Gasteiger partial charge in [0.25, 0.3) is 0 Å². The molecule has 0 saturated carbocycles. The summed E-state index contributed by atoms with van der Waals surface area (Å²) in [5.74, 6) is -0.682. The van der Waals surface area contributed by atoms with Crippen molar-refractivity contribution in [3.8, 4) is 0 Å². The zero-order valence-corrected chi connectivity index (χ0v) is 17.4. The molecule has 0 amide bonds. The van der Waals surface area contributed by atoms with Crippen LogP contribution < -0.4 is 4.72 Å². The van der Waals surface area contributed by atoms with Crippen LogP contribution in [0.5, 0.6) is 0 Å². The molecule has 0 bridgehead atoms. The Labute approximate surface area is 163 Å². The minimum atomic E-state index is -3.46. The Morgan fingerprint density at radius 3 is 2.37 bits per heavy atom. The lowest BCUT2D eigenvalue weighted by atomic mass is 10.2. The van der Waals surface area contributed by atoms with Crippen LogP contribution in [-0.4, -0.2) is 41.7 Å². The predicted molar refractivity (Wildman–Crippen MR) is 107 cm³/mol. The third-order valence-electron chi connectivity index (χ3n) is 4.66. The van der Waals surface area contributed by atoms with Crippen molar-refractivity contribution < 1.29 is 17.8 Å². The second kappa shape index (κ2) is 8.78. The first kappa shape index (κ1) is 20.4. The Morgan fingerprint density at radius 1 is 1.15 bits per heavy atom. The third-order valence-corrected chi connectivity index (χ3v) is 8.18. The van der Waals surface area contributed by atoms with Gasteiger partial charge >= 0.3 is 7.60 Å². The molecule has 1 fully saturated rings. The zero-order valence-electron chi connectivity index (χ0n) is 15.7. The number of rotatable bonds is 9. The summed E-state index contributed by atoms with van der Waals surface area (Å²) in [6.07, 6.45) is 0. The van der Waals surface area contributed by atoms with Crippen LogP contribution in [0.3, 0.4) is 0 Å². The molecule has 1 N–H and O–H groups in total. The summed E-state index contributed by atoms with van der Waals surface area (Å²) >= 11 is 0. The van der Waals surface area contributed by atoms with Crippen molar-refractivity contribution in [1.29, 1.82) is 0 Å². The molecule has 0 aromatic heterocycles. The van der Waals surface area contributed by atoms with Crippen molar-refractivity contribution in [2.45, 2.75) is 30.2 Å². The molecule has 8 heteroatoms. The first-order valence-electron chi connectivity index (χ1n) is 8.70. The SMILES string of the molecule is COP(=O)(OC)[C@@H](N[S@@](=O)c1ccc(C)cc1)[C@@H]1CN1Cc1ccccc1. The van der Waals surface area contributed by atoms with E-state index in [-0.39, 0.29) is 6.04 Å². The maximum atomic E-state index is 13.1. The molecule has 6 nitrogen and oxygen atoms in total. The second-order valence-corrected chi connectivity index (χ2v) is 10.1. The fourth-order valence-electron chi connectivity index (χ4n) is 2.99. The number of nitrogens with one attached hydrogen (secondary N) is 1. The van der Waals surface area contributed by atoms with Crippen LogP contribution in [0.1, 0.15) is 11.1 Å². The molecule has 0 aliphatic carbocycles. The Balaban J connectivity index is 1.75. The molecule has 4 atom stereocenters. The quantitative estimate of drug-likeness (QED) is 0.509. The molecule has 0 spiro atoms. The average molecular weight is 408 g/mol. The Hall–Kier alpha value is -1.34. The fraction of sp³-hybridized carbons (Fsp3) is 0.368. The van der Waals surface area contributed by atoms with Crippen molar-refractivity contribution in [3.63, 3.8) is 0 Å². The van der Waals surface area contributed by atoms with Gasteiger partial charge in [0.2, 0.25) is 0 Å². The molecule has 1 saturated heterocycles. The molecule has 1 unspecified atom stereocenters. The second-order valence-electron chi connectivity index (χ2n) is 6.53. The highest BCUT2D eigenvalue weighted by Crippen LogP contribution is 2.55. The molecule has 1 heterocycles. The Morgan fingerprint density at radius 2 is 1.78 bits per heavy atom. The topological polar surface area (TPSA) is 67.6 Å². The lowest BCUT2D eigenvalue weighted by molar-refractivity contribution is 0.259. The van der Waals surface area contributed by atoms with E-state index in [0.717, 1.165) is 18.7 Å². The summed E-state index contributed by atoms with van der Waals surface area (Å²) in [5, 5.41) is 0. The van der Waals surface area contributed by atoms with E-state index in [9.17, 15) is 8.77 Å². The summed E-state index contributed by atoms with van der Waals surface area (Å²) in [5.41, 5.74) is 2.26. The van der Waals surface area contributed by atoms with Crippen molar-refractivity contribution >= 4 is 18.6 Å². The van der Waals surface area contributed by atoms with Gasteiger partial charge in [0.05, 0.1) is 10.9 Å². The van der Waals surface area contributed by atoms with E-state index in [1.165, 1.54) is 19.8 Å². The molecule has 2 aromatic carbocycles. The van der Waals surface area contributed by atoms with Crippen LogP contribution >= 0.6 is 7.60 Å². The van der Waals surface area contributed by atoms with Gasteiger partial charge in [-0.05, 0) is 24.6 Å². The highest BCUT2D eigenvalue weighted by molar-refractivity contribution is 7.83. The molecule has 146 valence electrons. The minimum absolute atomic E-state index is 0.0784. The van der Waals surface area contributed by atoms with E-state index >= 15 is 0 Å². The van der Waals surface area contributed by atoms with Gasteiger partial charge in [-0.15, -0.1) is 0 Å². The van der Waals surface area contributed by atoms with Crippen molar-refractivity contribution in [3.05, 3.63) is 65.7 Å². The summed E-state index contributed by atoms with van der Waals surface area (Å²) in [6, 6.07) is 17.4. The lowest BCUT2D eigenvalue weighted by Crippen LogP contribution is -2.37. The van der Waals surface area contributed by atoms with Crippen LogP contribution in [0.2, 0.25) is 0 Å². The number of aryl methyl sites for hydroxylation is 1. The lowest BCUT2D eigenvalue weighted by Gasteiger charge is -2.25. The third kappa shape index (κ3) is 4.93. The standard InChI is InChI=1S/C19H25N2O4PS/c1-15-9-11-17(12-10-15)27(23)20-19(26(22,24-2)25-3)18-14-21(18)13-16-7-5-4-6-8-16/h4-12,18-20H,13-14H2,1-3H3/t18-,19+,21?,27-/m0/s1. The van der Waals surface area contributed by atoms with E-state index in [1.807, 2.05) is 37.3 Å². The highest BCUT2D eigenvalue weighted by Gasteiger charge is 2.51. The molecule has 1 aliphatic rings. The normalized spacial score (nSPS) is 21.6. The monoisotopic (exact) mass is 408 g/mol. The minimum Gasteiger partial charge on any atom is -0.311 e. The van der Waals surface area contributed by atoms with E-state index < -0.39 is 24.4 Å². The van der Waals surface area contributed by atoms with Crippen LogP contribution in [0.4, 0.5) is 0 Å². The number of nitrogens with zero attached hydrogens (tertiary/aromatic N) is 1. The van der Waals surface area contributed by atoms with Gasteiger partial charge in [-0.25, -0.2) is 8.93 Å². The zero-order chi connectivity index (χ0) is 19.4. The van der Waals surface area contributed by atoms with Crippen LogP contribution in [0.15, 0.2) is 59.5 Å². The number of benzene rings is 2. The predicted octanol–water partition coefficient (Wildman–Crippen LogP) is 3.30. The van der Waals surface area contributed by atoms with E-state index in [0.29, 0.717) is 4.90 Å². The number of hydrogen-bond donors (Lipinski definition) is 1. The average Bonchev–Trinajstić information content (AvgIpc) is 3.45.